The van der Waals surface area contributed by atoms with Gasteiger partial charge in [0.1, 0.15) is 18.2 Å². The molecule has 11 heteroatoms. The molecule has 2 heterocycles. The van der Waals surface area contributed by atoms with Crippen LogP contribution in [0.15, 0.2) is 90.7 Å². The van der Waals surface area contributed by atoms with Crippen LogP contribution in [0.2, 0.25) is 5.02 Å². The quantitative estimate of drug-likeness (QED) is 0.200. The standard InChI is InChI=1S/C30H22Br2ClFN2O4S/c1-3-39-29(38)25-16(2)35-30-36(26(25)18-8-10-20(34)11-9-18)28(37)24(41-30)14-17-12-21(31)27(22(32)13-17)40-15-19-6-4-5-7-23(19)33/h4-14,26H,3,15H2,1-2H3/b24-14-/t26-/m0/s1. The van der Waals surface area contributed by atoms with Crippen LogP contribution in [0.25, 0.3) is 6.08 Å². The molecule has 41 heavy (non-hydrogen) atoms. The van der Waals surface area contributed by atoms with Crippen LogP contribution in [0, 0.1) is 5.82 Å². The highest BCUT2D eigenvalue weighted by Crippen LogP contribution is 2.36. The maximum absolute atomic E-state index is 13.8. The summed E-state index contributed by atoms with van der Waals surface area (Å²) < 4.78 is 28.3. The molecular formula is C30H22Br2ClFN2O4S. The van der Waals surface area contributed by atoms with Crippen LogP contribution in [-0.2, 0) is 16.1 Å². The number of fused-ring (bicyclic) bond motifs is 1. The zero-order valence-corrected chi connectivity index (χ0v) is 26.5. The number of hydrogen-bond acceptors (Lipinski definition) is 6. The van der Waals surface area contributed by atoms with Gasteiger partial charge in [-0.25, -0.2) is 14.2 Å². The highest BCUT2D eigenvalue weighted by molar-refractivity contribution is 9.11. The molecule has 1 aliphatic rings. The molecule has 3 aromatic carbocycles. The first-order valence-corrected chi connectivity index (χ1v) is 15.3. The third-order valence-corrected chi connectivity index (χ3v) is 8.88. The molecule has 0 fully saturated rings. The van der Waals surface area contributed by atoms with Crippen LogP contribution in [0.4, 0.5) is 4.39 Å². The van der Waals surface area contributed by atoms with Crippen molar-refractivity contribution in [3.8, 4) is 5.75 Å². The molecule has 0 saturated heterocycles. The SMILES string of the molecule is CCOC(=O)C1=C(C)N=c2s/c(=C\c3cc(Br)c(OCc4ccccc4Cl)c(Br)c3)c(=O)n2[C@H]1c1ccc(F)cc1. The Morgan fingerprint density at radius 2 is 1.83 bits per heavy atom. The van der Waals surface area contributed by atoms with E-state index in [9.17, 15) is 14.0 Å². The smallest absolute Gasteiger partial charge is 0.338 e. The van der Waals surface area contributed by atoms with Crippen molar-refractivity contribution in [3.05, 3.63) is 128 Å². The molecule has 0 amide bonds. The summed E-state index contributed by atoms with van der Waals surface area (Å²) in [7, 11) is 0. The lowest BCUT2D eigenvalue weighted by atomic mass is 9.96. The molecule has 1 aromatic heterocycles. The molecule has 0 aliphatic carbocycles. The average molecular weight is 721 g/mol. The van der Waals surface area contributed by atoms with E-state index in [2.05, 4.69) is 36.9 Å². The summed E-state index contributed by atoms with van der Waals surface area (Å²) in [5.74, 6) is -0.401. The predicted molar refractivity (Wildman–Crippen MR) is 164 cm³/mol. The van der Waals surface area contributed by atoms with Gasteiger partial charge in [0.05, 0.1) is 37.4 Å². The van der Waals surface area contributed by atoms with E-state index in [1.807, 2.05) is 30.3 Å². The molecule has 1 atom stereocenters. The van der Waals surface area contributed by atoms with Gasteiger partial charge in [-0.3, -0.25) is 9.36 Å². The first-order valence-electron chi connectivity index (χ1n) is 12.5. The Balaban J connectivity index is 1.56. The maximum atomic E-state index is 13.8. The van der Waals surface area contributed by atoms with Crippen molar-refractivity contribution in [1.82, 2.24) is 4.57 Å². The number of ether oxygens (including phenoxy) is 2. The minimum Gasteiger partial charge on any atom is -0.486 e. The number of carbonyl (C=O) groups excluding carboxylic acids is 1. The summed E-state index contributed by atoms with van der Waals surface area (Å²) in [6, 6.07) is 16.1. The molecule has 0 saturated carbocycles. The third kappa shape index (κ3) is 6.11. The van der Waals surface area contributed by atoms with Gasteiger partial charge in [0.25, 0.3) is 5.56 Å². The van der Waals surface area contributed by atoms with E-state index in [-0.39, 0.29) is 24.3 Å². The Hall–Kier alpha value is -3.05. The number of benzene rings is 3. The third-order valence-electron chi connectivity index (χ3n) is 6.35. The fourth-order valence-electron chi connectivity index (χ4n) is 4.47. The molecule has 5 rings (SSSR count). The van der Waals surface area contributed by atoms with Crippen molar-refractivity contribution in [1.29, 1.82) is 0 Å². The van der Waals surface area contributed by atoms with Crippen LogP contribution in [0.1, 0.15) is 36.6 Å². The first kappa shape index (κ1) is 29.4. The van der Waals surface area contributed by atoms with E-state index in [0.29, 0.717) is 40.3 Å². The number of thiazole rings is 1. The Morgan fingerprint density at radius 3 is 2.49 bits per heavy atom. The van der Waals surface area contributed by atoms with Crippen molar-refractivity contribution in [2.75, 3.05) is 6.61 Å². The van der Waals surface area contributed by atoms with Crippen LogP contribution in [-0.4, -0.2) is 17.1 Å². The topological polar surface area (TPSA) is 69.9 Å². The molecule has 0 spiro atoms. The highest BCUT2D eigenvalue weighted by Gasteiger charge is 2.33. The molecule has 6 nitrogen and oxygen atoms in total. The van der Waals surface area contributed by atoms with Gasteiger partial charge >= 0.3 is 5.97 Å². The molecule has 0 N–H and O–H groups in total. The fourth-order valence-corrected chi connectivity index (χ4v) is 7.16. The van der Waals surface area contributed by atoms with Gasteiger partial charge in [0, 0.05) is 10.6 Å². The van der Waals surface area contributed by atoms with Gasteiger partial charge in [-0.2, -0.15) is 0 Å². The van der Waals surface area contributed by atoms with E-state index in [4.69, 9.17) is 21.1 Å². The summed E-state index contributed by atoms with van der Waals surface area (Å²) in [6.45, 7) is 3.85. The number of allylic oxidation sites excluding steroid dienone is 1. The van der Waals surface area contributed by atoms with Gasteiger partial charge in [0.2, 0.25) is 0 Å². The van der Waals surface area contributed by atoms with Crippen LogP contribution >= 0.6 is 54.8 Å². The van der Waals surface area contributed by atoms with Crippen LogP contribution < -0.4 is 19.6 Å². The lowest BCUT2D eigenvalue weighted by Gasteiger charge is -2.24. The van der Waals surface area contributed by atoms with Crippen molar-refractivity contribution in [3.63, 3.8) is 0 Å². The Labute approximate surface area is 260 Å². The summed E-state index contributed by atoms with van der Waals surface area (Å²) in [4.78, 5) is 31.8. The second-order valence-electron chi connectivity index (χ2n) is 9.05. The minimum atomic E-state index is -0.813. The summed E-state index contributed by atoms with van der Waals surface area (Å²) in [5.41, 5.74) is 2.51. The van der Waals surface area contributed by atoms with E-state index < -0.39 is 17.8 Å². The molecule has 0 bridgehead atoms. The second-order valence-corrected chi connectivity index (χ2v) is 12.2. The van der Waals surface area contributed by atoms with Crippen molar-refractivity contribution in [2.24, 2.45) is 4.99 Å². The molecule has 210 valence electrons. The Morgan fingerprint density at radius 1 is 1.15 bits per heavy atom. The predicted octanol–water partition coefficient (Wildman–Crippen LogP) is 6.69. The Kier molecular flexibility index (Phi) is 8.94. The van der Waals surface area contributed by atoms with Crippen molar-refractivity contribution >= 4 is 66.8 Å². The van der Waals surface area contributed by atoms with Gasteiger partial charge in [-0.15, -0.1) is 0 Å². The number of aromatic nitrogens is 1. The van der Waals surface area contributed by atoms with Crippen LogP contribution in [0.5, 0.6) is 5.75 Å². The fraction of sp³-hybridized carbons (Fsp3) is 0.167. The molecule has 4 aromatic rings. The monoisotopic (exact) mass is 718 g/mol. The number of rotatable bonds is 7. The Bertz CT molecular complexity index is 1850. The second kappa shape index (κ2) is 12.4. The van der Waals surface area contributed by atoms with Crippen molar-refractivity contribution < 1.29 is 18.7 Å². The van der Waals surface area contributed by atoms with Crippen LogP contribution in [0.3, 0.4) is 0 Å². The number of halogens is 4. The normalized spacial score (nSPS) is 15.0. The lowest BCUT2D eigenvalue weighted by molar-refractivity contribution is -0.139. The maximum Gasteiger partial charge on any atom is 0.338 e. The van der Waals surface area contributed by atoms with Gasteiger partial charge < -0.3 is 9.47 Å². The summed E-state index contributed by atoms with van der Waals surface area (Å²) >= 11 is 14.6. The van der Waals surface area contributed by atoms with E-state index in [1.54, 1.807) is 38.1 Å². The number of nitrogens with zero attached hydrogens (tertiary/aromatic N) is 2. The zero-order valence-electron chi connectivity index (χ0n) is 21.8. The van der Waals surface area contributed by atoms with Gasteiger partial charge in [-0.1, -0.05) is 53.3 Å². The van der Waals surface area contributed by atoms with Gasteiger partial charge in [0.15, 0.2) is 4.80 Å². The molecular weight excluding hydrogens is 699 g/mol. The molecule has 1 aliphatic heterocycles. The van der Waals surface area contributed by atoms with Crippen molar-refractivity contribution in [2.45, 2.75) is 26.5 Å². The van der Waals surface area contributed by atoms with Gasteiger partial charge in [-0.05, 0) is 93.2 Å². The summed E-state index contributed by atoms with van der Waals surface area (Å²) in [5, 5.41) is 0.618. The number of esters is 1. The zero-order chi connectivity index (χ0) is 29.3. The summed E-state index contributed by atoms with van der Waals surface area (Å²) in [6.07, 6.45) is 1.75. The average Bonchev–Trinajstić information content (AvgIpc) is 3.23. The molecule has 0 unspecified atom stereocenters. The lowest BCUT2D eigenvalue weighted by Crippen LogP contribution is -2.39. The number of hydrogen-bond donors (Lipinski definition) is 0. The minimum absolute atomic E-state index is 0.165. The molecule has 0 radical (unpaired) electrons. The number of carbonyl (C=O) groups is 1. The first-order chi connectivity index (χ1) is 19.7. The largest absolute Gasteiger partial charge is 0.486 e. The highest BCUT2D eigenvalue weighted by atomic mass is 79.9. The van der Waals surface area contributed by atoms with E-state index in [0.717, 1.165) is 11.1 Å². The van der Waals surface area contributed by atoms with E-state index in [1.165, 1.54) is 28.0 Å². The van der Waals surface area contributed by atoms with E-state index >= 15 is 0 Å².